The number of nitrogens with one attached hydrogen (secondary N) is 2. The summed E-state index contributed by atoms with van der Waals surface area (Å²) in [5.41, 5.74) is 2.82. The fourth-order valence-electron chi connectivity index (χ4n) is 3.91. The lowest BCUT2D eigenvalue weighted by Crippen LogP contribution is -2.52. The molecule has 0 atom stereocenters. The standard InChI is InChI=1S/C23H25BrN4O2/c1-2-16-3-9-19(10-4-16)25-20(29)15-28-13-11-23(12-14-28)26-21(22(30)27-23)17-5-7-18(24)8-6-17/h3-10H,2,11-15H2,1H3,(H,25,29)(H,27,30). The molecule has 7 heteroatoms. The van der Waals surface area contributed by atoms with E-state index < -0.39 is 5.66 Å². The van der Waals surface area contributed by atoms with Crippen LogP contribution in [0.3, 0.4) is 0 Å². The van der Waals surface area contributed by atoms with Crippen LogP contribution in [0.2, 0.25) is 0 Å². The third kappa shape index (κ3) is 4.63. The summed E-state index contributed by atoms with van der Waals surface area (Å²) in [6, 6.07) is 15.6. The minimum Gasteiger partial charge on any atom is -0.326 e. The smallest absolute Gasteiger partial charge is 0.272 e. The van der Waals surface area contributed by atoms with E-state index in [1.165, 1.54) is 5.56 Å². The Labute approximate surface area is 184 Å². The summed E-state index contributed by atoms with van der Waals surface area (Å²) in [6.45, 7) is 3.86. The van der Waals surface area contributed by atoms with Crippen LogP contribution in [0.4, 0.5) is 5.69 Å². The fourth-order valence-corrected chi connectivity index (χ4v) is 4.18. The van der Waals surface area contributed by atoms with Gasteiger partial charge in [0.15, 0.2) is 0 Å². The highest BCUT2D eigenvalue weighted by Crippen LogP contribution is 2.29. The van der Waals surface area contributed by atoms with E-state index in [2.05, 4.69) is 38.4 Å². The average Bonchev–Trinajstić information content (AvgIpc) is 3.07. The Bertz CT molecular complexity index is 962. The Morgan fingerprint density at radius 3 is 2.43 bits per heavy atom. The maximum Gasteiger partial charge on any atom is 0.272 e. The molecule has 2 aromatic carbocycles. The molecular weight excluding hydrogens is 444 g/mol. The number of rotatable bonds is 5. The molecule has 0 unspecified atom stereocenters. The van der Waals surface area contributed by atoms with Crippen molar-refractivity contribution in [2.75, 3.05) is 25.0 Å². The quantitative estimate of drug-likeness (QED) is 0.706. The van der Waals surface area contributed by atoms with Crippen molar-refractivity contribution in [2.24, 2.45) is 4.99 Å². The Morgan fingerprint density at radius 1 is 1.13 bits per heavy atom. The van der Waals surface area contributed by atoms with Crippen LogP contribution >= 0.6 is 15.9 Å². The van der Waals surface area contributed by atoms with Gasteiger partial charge in [-0.1, -0.05) is 47.1 Å². The zero-order valence-electron chi connectivity index (χ0n) is 17.0. The zero-order chi connectivity index (χ0) is 21.1. The zero-order valence-corrected chi connectivity index (χ0v) is 18.5. The molecule has 1 fully saturated rings. The maximum absolute atomic E-state index is 12.5. The van der Waals surface area contributed by atoms with E-state index in [0.717, 1.165) is 22.1 Å². The van der Waals surface area contributed by atoms with E-state index in [4.69, 9.17) is 4.99 Å². The van der Waals surface area contributed by atoms with E-state index in [-0.39, 0.29) is 11.8 Å². The molecule has 0 aliphatic carbocycles. The van der Waals surface area contributed by atoms with Crippen molar-refractivity contribution in [1.29, 1.82) is 0 Å². The van der Waals surface area contributed by atoms with Gasteiger partial charge in [-0.15, -0.1) is 0 Å². The third-order valence-corrected chi connectivity index (χ3v) is 6.23. The molecule has 4 rings (SSSR count). The molecule has 6 nitrogen and oxygen atoms in total. The van der Waals surface area contributed by atoms with Gasteiger partial charge < -0.3 is 10.6 Å². The number of piperidine rings is 1. The normalized spacial score (nSPS) is 18.2. The van der Waals surface area contributed by atoms with Gasteiger partial charge in [0.05, 0.1) is 6.54 Å². The van der Waals surface area contributed by atoms with E-state index in [0.29, 0.717) is 38.2 Å². The summed E-state index contributed by atoms with van der Waals surface area (Å²) in [7, 11) is 0. The number of halogens is 1. The van der Waals surface area contributed by atoms with Crippen molar-refractivity contribution in [2.45, 2.75) is 31.8 Å². The third-order valence-electron chi connectivity index (χ3n) is 5.70. The van der Waals surface area contributed by atoms with E-state index in [1.54, 1.807) is 0 Å². The number of carbonyl (C=O) groups excluding carboxylic acids is 2. The molecule has 2 aliphatic rings. The molecule has 156 valence electrons. The Hall–Kier alpha value is -2.51. The number of anilines is 1. The molecule has 0 saturated carbocycles. The lowest BCUT2D eigenvalue weighted by atomic mass is 9.98. The lowest BCUT2D eigenvalue weighted by Gasteiger charge is -2.36. The molecule has 2 amide bonds. The SMILES string of the molecule is CCc1ccc(NC(=O)CN2CCC3(CC2)N=C(c2ccc(Br)cc2)C(=O)N3)cc1. The van der Waals surface area contributed by atoms with Crippen LogP contribution < -0.4 is 10.6 Å². The molecule has 0 radical (unpaired) electrons. The van der Waals surface area contributed by atoms with Crippen LogP contribution in [0.5, 0.6) is 0 Å². The molecule has 1 saturated heterocycles. The van der Waals surface area contributed by atoms with Gasteiger partial charge in [0.1, 0.15) is 11.4 Å². The van der Waals surface area contributed by atoms with Crippen LogP contribution in [0.15, 0.2) is 58.0 Å². The summed E-state index contributed by atoms with van der Waals surface area (Å²) in [6.07, 6.45) is 2.36. The largest absolute Gasteiger partial charge is 0.326 e. The summed E-state index contributed by atoms with van der Waals surface area (Å²) in [4.78, 5) is 31.8. The molecular formula is C23H25BrN4O2. The van der Waals surface area contributed by atoms with Gasteiger partial charge in [0.2, 0.25) is 5.91 Å². The first-order valence-corrected chi connectivity index (χ1v) is 11.1. The predicted molar refractivity (Wildman–Crippen MR) is 122 cm³/mol. The number of amides is 2. The summed E-state index contributed by atoms with van der Waals surface area (Å²) >= 11 is 3.41. The summed E-state index contributed by atoms with van der Waals surface area (Å²) in [5.74, 6) is -0.149. The Balaban J connectivity index is 1.33. The Kier molecular flexibility index (Phi) is 6.01. The lowest BCUT2D eigenvalue weighted by molar-refractivity contribution is -0.119. The van der Waals surface area contributed by atoms with Crippen LogP contribution in [0.1, 0.15) is 30.9 Å². The molecule has 1 spiro atoms. The van der Waals surface area contributed by atoms with E-state index >= 15 is 0 Å². The van der Waals surface area contributed by atoms with Gasteiger partial charge in [0.25, 0.3) is 5.91 Å². The molecule has 0 aromatic heterocycles. The van der Waals surface area contributed by atoms with E-state index in [1.807, 2.05) is 48.5 Å². The molecule has 0 bridgehead atoms. The molecule has 30 heavy (non-hydrogen) atoms. The second-order valence-electron chi connectivity index (χ2n) is 7.83. The number of likely N-dealkylation sites (tertiary alicyclic amines) is 1. The topological polar surface area (TPSA) is 73.8 Å². The highest BCUT2D eigenvalue weighted by molar-refractivity contribution is 9.10. The first-order chi connectivity index (χ1) is 14.5. The Morgan fingerprint density at radius 2 is 1.80 bits per heavy atom. The fraction of sp³-hybridized carbons (Fsp3) is 0.348. The van der Waals surface area contributed by atoms with Crippen molar-refractivity contribution in [3.8, 4) is 0 Å². The minimum atomic E-state index is -0.553. The second kappa shape index (κ2) is 8.70. The highest BCUT2D eigenvalue weighted by Gasteiger charge is 2.42. The molecule has 2 heterocycles. The highest BCUT2D eigenvalue weighted by atomic mass is 79.9. The summed E-state index contributed by atoms with van der Waals surface area (Å²) in [5, 5.41) is 6.04. The van der Waals surface area contributed by atoms with E-state index in [9.17, 15) is 9.59 Å². The van der Waals surface area contributed by atoms with Crippen molar-refractivity contribution in [1.82, 2.24) is 10.2 Å². The monoisotopic (exact) mass is 468 g/mol. The van der Waals surface area contributed by atoms with Crippen LogP contribution in [-0.4, -0.2) is 47.7 Å². The molecule has 2 aromatic rings. The van der Waals surface area contributed by atoms with Crippen LogP contribution in [0, 0.1) is 0 Å². The van der Waals surface area contributed by atoms with Crippen molar-refractivity contribution < 1.29 is 9.59 Å². The molecule has 2 aliphatic heterocycles. The first-order valence-electron chi connectivity index (χ1n) is 10.3. The maximum atomic E-state index is 12.5. The van der Waals surface area contributed by atoms with Gasteiger partial charge in [-0.25, -0.2) is 0 Å². The number of carbonyl (C=O) groups is 2. The van der Waals surface area contributed by atoms with Crippen LogP contribution in [0.25, 0.3) is 0 Å². The van der Waals surface area contributed by atoms with Crippen molar-refractivity contribution in [3.63, 3.8) is 0 Å². The number of aryl methyl sites for hydroxylation is 1. The van der Waals surface area contributed by atoms with Crippen molar-refractivity contribution >= 4 is 39.1 Å². The number of aliphatic imine (C=N–C) groups is 1. The number of benzene rings is 2. The summed E-state index contributed by atoms with van der Waals surface area (Å²) < 4.78 is 0.966. The molecule has 2 N–H and O–H groups in total. The van der Waals surface area contributed by atoms with Crippen molar-refractivity contribution in [3.05, 3.63) is 64.1 Å². The van der Waals surface area contributed by atoms with Gasteiger partial charge in [0, 0.05) is 41.7 Å². The minimum absolute atomic E-state index is 0.0234. The van der Waals surface area contributed by atoms with Gasteiger partial charge >= 0.3 is 0 Å². The predicted octanol–water partition coefficient (Wildman–Crippen LogP) is 3.36. The first kappa shape index (κ1) is 20.8. The van der Waals surface area contributed by atoms with Gasteiger partial charge in [-0.3, -0.25) is 19.5 Å². The average molecular weight is 469 g/mol. The van der Waals surface area contributed by atoms with Gasteiger partial charge in [-0.05, 0) is 36.2 Å². The van der Waals surface area contributed by atoms with Crippen LogP contribution in [-0.2, 0) is 16.0 Å². The van der Waals surface area contributed by atoms with Gasteiger partial charge in [-0.2, -0.15) is 0 Å². The number of hydrogen-bond donors (Lipinski definition) is 2. The number of hydrogen-bond acceptors (Lipinski definition) is 4. The number of nitrogens with zero attached hydrogens (tertiary/aromatic N) is 2. The second-order valence-corrected chi connectivity index (χ2v) is 8.74.